The Hall–Kier alpha value is -4.01. The SMILES string of the molecule is CCCN(C(=O)NCc1cc(C(F)(F)F)cc(C(F)(F)F)c1)C1CN(Cc2ccccc2OC)C(=O)CN1C=O.CCN(C)C. The molecular weight excluding hydrogens is 608 g/mol. The van der Waals surface area contributed by atoms with E-state index in [9.17, 15) is 40.7 Å². The fourth-order valence-corrected chi connectivity index (χ4v) is 4.37. The zero-order chi connectivity index (χ0) is 33.9. The summed E-state index contributed by atoms with van der Waals surface area (Å²) in [5.41, 5.74) is -2.72. The van der Waals surface area contributed by atoms with Crippen molar-refractivity contribution in [2.24, 2.45) is 0 Å². The molecule has 1 atom stereocenters. The lowest BCUT2D eigenvalue weighted by Gasteiger charge is -2.44. The molecule has 0 bridgehead atoms. The van der Waals surface area contributed by atoms with Crippen LogP contribution in [0.25, 0.3) is 0 Å². The third-order valence-corrected chi connectivity index (χ3v) is 6.93. The monoisotopic (exact) mass is 647 g/mol. The summed E-state index contributed by atoms with van der Waals surface area (Å²) in [7, 11) is 5.59. The fraction of sp³-hybridized carbons (Fsp3) is 0.500. The average Bonchev–Trinajstić information content (AvgIpc) is 2.99. The van der Waals surface area contributed by atoms with Crippen molar-refractivity contribution in [1.82, 2.24) is 24.9 Å². The van der Waals surface area contributed by atoms with Crippen LogP contribution in [0.15, 0.2) is 42.5 Å². The zero-order valence-corrected chi connectivity index (χ0v) is 25.8. The lowest BCUT2D eigenvalue weighted by molar-refractivity contribution is -0.148. The molecule has 1 unspecified atom stereocenters. The number of carbonyl (C=O) groups is 3. The van der Waals surface area contributed by atoms with Crippen LogP contribution in [0.2, 0.25) is 0 Å². The normalized spacial score (nSPS) is 15.4. The summed E-state index contributed by atoms with van der Waals surface area (Å²) < 4.78 is 84.6. The molecule has 2 aromatic carbocycles. The highest BCUT2D eigenvalue weighted by molar-refractivity contribution is 5.82. The topological polar surface area (TPSA) is 85.4 Å². The van der Waals surface area contributed by atoms with Gasteiger partial charge < -0.3 is 29.7 Å². The maximum Gasteiger partial charge on any atom is 0.416 e. The summed E-state index contributed by atoms with van der Waals surface area (Å²) in [5, 5.41) is 2.36. The number of hydrogen-bond donors (Lipinski definition) is 1. The number of rotatable bonds is 10. The maximum atomic E-state index is 13.2. The van der Waals surface area contributed by atoms with Gasteiger partial charge in [0.25, 0.3) is 0 Å². The summed E-state index contributed by atoms with van der Waals surface area (Å²) in [6.45, 7) is 4.18. The predicted molar refractivity (Wildman–Crippen MR) is 155 cm³/mol. The van der Waals surface area contributed by atoms with Crippen molar-refractivity contribution in [1.29, 1.82) is 0 Å². The second-order valence-corrected chi connectivity index (χ2v) is 10.5. The van der Waals surface area contributed by atoms with Gasteiger partial charge in [-0.05, 0) is 56.9 Å². The second-order valence-electron chi connectivity index (χ2n) is 10.5. The van der Waals surface area contributed by atoms with Crippen molar-refractivity contribution in [2.75, 3.05) is 47.4 Å². The molecule has 15 heteroatoms. The van der Waals surface area contributed by atoms with Crippen molar-refractivity contribution < 1.29 is 45.5 Å². The quantitative estimate of drug-likeness (QED) is 0.288. The number of methoxy groups -OCH3 is 1. The van der Waals surface area contributed by atoms with E-state index in [1.807, 2.05) is 0 Å². The largest absolute Gasteiger partial charge is 0.496 e. The number of carbonyl (C=O) groups excluding carboxylic acids is 3. The molecule has 2 aromatic rings. The second kappa shape index (κ2) is 16.3. The molecule has 3 rings (SSSR count). The van der Waals surface area contributed by atoms with Gasteiger partial charge in [-0.1, -0.05) is 32.0 Å². The smallest absolute Gasteiger partial charge is 0.416 e. The van der Waals surface area contributed by atoms with Crippen molar-refractivity contribution in [2.45, 2.75) is 51.9 Å². The number of urea groups is 1. The van der Waals surface area contributed by atoms with Gasteiger partial charge >= 0.3 is 18.4 Å². The van der Waals surface area contributed by atoms with Crippen LogP contribution in [0.3, 0.4) is 0 Å². The molecule has 1 heterocycles. The van der Waals surface area contributed by atoms with Gasteiger partial charge in [-0.3, -0.25) is 9.59 Å². The highest BCUT2D eigenvalue weighted by Gasteiger charge is 2.38. The zero-order valence-electron chi connectivity index (χ0n) is 25.8. The van der Waals surface area contributed by atoms with Crippen LogP contribution < -0.4 is 10.1 Å². The number of halogens is 6. The van der Waals surface area contributed by atoms with Crippen molar-refractivity contribution in [3.63, 3.8) is 0 Å². The molecule has 1 aliphatic rings. The third-order valence-electron chi connectivity index (χ3n) is 6.93. The Labute approximate surface area is 258 Å². The number of benzene rings is 2. The van der Waals surface area contributed by atoms with E-state index in [2.05, 4.69) is 31.2 Å². The molecule has 1 N–H and O–H groups in total. The maximum absolute atomic E-state index is 13.2. The summed E-state index contributed by atoms with van der Waals surface area (Å²) in [6, 6.07) is 7.24. The number of ether oxygens (including phenoxy) is 1. The van der Waals surface area contributed by atoms with E-state index in [-0.39, 0.29) is 38.2 Å². The lowest BCUT2D eigenvalue weighted by atomic mass is 10.0. The number of hydrogen-bond acceptors (Lipinski definition) is 5. The van der Waals surface area contributed by atoms with E-state index in [4.69, 9.17) is 4.74 Å². The standard InChI is InChI=1S/C26H28F6N4O4.C4H11N/c1-3-8-36(24(39)33-12-17-9-19(25(27,28)29)11-20(10-17)26(30,31)32)22-14-34(23(38)15-35(22)16-37)13-18-6-4-5-7-21(18)40-2;1-4-5(2)3/h4-7,9-11,16,22H,3,8,12-15H2,1-2H3,(H,33,39);4H2,1-3H3. The van der Waals surface area contributed by atoms with Gasteiger partial charge in [-0.15, -0.1) is 0 Å². The average molecular weight is 648 g/mol. The van der Waals surface area contributed by atoms with Crippen LogP contribution in [0.1, 0.15) is 42.5 Å². The van der Waals surface area contributed by atoms with Crippen molar-refractivity contribution >= 4 is 18.3 Å². The minimum absolute atomic E-state index is 0.00598. The van der Waals surface area contributed by atoms with Crippen LogP contribution in [-0.2, 0) is 35.0 Å². The predicted octanol–water partition coefficient (Wildman–Crippen LogP) is 5.05. The number of para-hydroxylation sites is 1. The number of nitrogens with one attached hydrogen (secondary N) is 1. The van der Waals surface area contributed by atoms with Gasteiger partial charge in [0, 0.05) is 25.2 Å². The van der Waals surface area contributed by atoms with Gasteiger partial charge in [-0.25, -0.2) is 4.79 Å². The molecule has 0 aromatic heterocycles. The third kappa shape index (κ3) is 10.8. The van der Waals surface area contributed by atoms with E-state index in [1.165, 1.54) is 16.9 Å². The Kier molecular flexibility index (Phi) is 13.5. The Balaban J connectivity index is 0.00000130. The van der Waals surface area contributed by atoms with E-state index >= 15 is 0 Å². The van der Waals surface area contributed by atoms with E-state index < -0.39 is 47.8 Å². The Morgan fingerprint density at radius 3 is 2.11 bits per heavy atom. The number of alkyl halides is 6. The number of piperazine rings is 1. The lowest BCUT2D eigenvalue weighted by Crippen LogP contribution is -2.64. The first-order valence-corrected chi connectivity index (χ1v) is 14.1. The molecular formula is C30H39F6N5O4. The first-order valence-electron chi connectivity index (χ1n) is 14.1. The molecule has 9 nitrogen and oxygen atoms in total. The van der Waals surface area contributed by atoms with Crippen LogP contribution in [0.4, 0.5) is 31.1 Å². The Morgan fingerprint density at radius 1 is 1.04 bits per heavy atom. The van der Waals surface area contributed by atoms with Crippen molar-refractivity contribution in [3.05, 3.63) is 64.7 Å². The molecule has 1 fully saturated rings. The molecule has 0 spiro atoms. The van der Waals surface area contributed by atoms with Gasteiger partial charge in [0.1, 0.15) is 18.5 Å². The molecule has 4 amide bonds. The van der Waals surface area contributed by atoms with E-state index in [1.54, 1.807) is 31.2 Å². The minimum atomic E-state index is -5.03. The Bertz CT molecular complexity index is 1260. The highest BCUT2D eigenvalue weighted by atomic mass is 19.4. The summed E-state index contributed by atoms with van der Waals surface area (Å²) >= 11 is 0. The molecule has 0 saturated carbocycles. The molecule has 1 aliphatic heterocycles. The first-order chi connectivity index (χ1) is 21.0. The summed E-state index contributed by atoms with van der Waals surface area (Å²) in [5.74, 6) is 0.155. The van der Waals surface area contributed by atoms with Gasteiger partial charge in [0.15, 0.2) is 0 Å². The van der Waals surface area contributed by atoms with Crippen LogP contribution in [0, 0.1) is 0 Å². The molecule has 0 radical (unpaired) electrons. The molecule has 45 heavy (non-hydrogen) atoms. The van der Waals surface area contributed by atoms with Gasteiger partial charge in [0.05, 0.1) is 24.8 Å². The summed E-state index contributed by atoms with van der Waals surface area (Å²) in [6.07, 6.45) is -10.2. The number of nitrogens with zero attached hydrogens (tertiary/aromatic N) is 4. The fourth-order valence-electron chi connectivity index (χ4n) is 4.37. The number of amides is 4. The minimum Gasteiger partial charge on any atom is -0.496 e. The molecule has 0 aliphatic carbocycles. The Morgan fingerprint density at radius 2 is 1.62 bits per heavy atom. The van der Waals surface area contributed by atoms with Crippen LogP contribution in [-0.4, -0.2) is 91.5 Å². The van der Waals surface area contributed by atoms with Crippen LogP contribution in [0.5, 0.6) is 5.75 Å². The molecule has 1 saturated heterocycles. The first kappa shape index (κ1) is 37.2. The van der Waals surface area contributed by atoms with E-state index in [0.29, 0.717) is 36.3 Å². The molecule has 250 valence electrons. The highest BCUT2D eigenvalue weighted by Crippen LogP contribution is 2.36. The van der Waals surface area contributed by atoms with E-state index in [0.717, 1.165) is 11.4 Å². The summed E-state index contributed by atoms with van der Waals surface area (Å²) in [4.78, 5) is 43.7. The van der Waals surface area contributed by atoms with Crippen molar-refractivity contribution in [3.8, 4) is 5.75 Å². The van der Waals surface area contributed by atoms with Gasteiger partial charge in [0.2, 0.25) is 12.3 Å². The van der Waals surface area contributed by atoms with Crippen LogP contribution >= 0.6 is 0 Å². The van der Waals surface area contributed by atoms with Gasteiger partial charge in [-0.2, -0.15) is 26.3 Å².